The van der Waals surface area contributed by atoms with Gasteiger partial charge in [0.25, 0.3) is 0 Å². The van der Waals surface area contributed by atoms with E-state index in [1.807, 2.05) is 0 Å². The first-order valence-electron chi connectivity index (χ1n) is 11.4. The zero-order chi connectivity index (χ0) is 29.0. The van der Waals surface area contributed by atoms with Gasteiger partial charge in [0.1, 0.15) is 20.2 Å². The molecule has 0 saturated carbocycles. The monoisotopic (exact) mass is 712 g/mol. The first kappa shape index (κ1) is 30.9. The Hall–Kier alpha value is -3.05. The van der Waals surface area contributed by atoms with Gasteiger partial charge in [0, 0.05) is 44.5 Å². The van der Waals surface area contributed by atoms with Crippen molar-refractivity contribution in [1.29, 1.82) is 0 Å². The van der Waals surface area contributed by atoms with Crippen LogP contribution in [0, 0.1) is 0 Å². The summed E-state index contributed by atoms with van der Waals surface area (Å²) < 4.78 is 66.0. The number of rotatable bonds is 2. The molecule has 0 spiro atoms. The van der Waals surface area contributed by atoms with Crippen LogP contribution in [-0.4, -0.2) is 98.0 Å². The van der Waals surface area contributed by atoms with E-state index in [9.17, 15) is 45.1 Å². The number of fused-ring (bicyclic) bond motifs is 4. The molecule has 0 unspecified atom stereocenters. The van der Waals surface area contributed by atoms with E-state index in [0.29, 0.717) is 0 Å². The number of hydrogen-bond donors (Lipinski definition) is 0. The third-order valence-corrected chi connectivity index (χ3v) is 8.03. The van der Waals surface area contributed by atoms with E-state index in [1.165, 1.54) is 36.4 Å². The van der Waals surface area contributed by atoms with Gasteiger partial charge in [0.15, 0.2) is 23.1 Å². The average molecular weight is 712 g/mol. The van der Waals surface area contributed by atoms with Gasteiger partial charge in [-0.05, 0) is 36.4 Å². The van der Waals surface area contributed by atoms with Gasteiger partial charge in [-0.15, -0.1) is 0 Å². The molecule has 4 aromatic carbocycles. The number of ketones is 4. The molecule has 6 rings (SSSR count). The second-order valence-corrected chi connectivity index (χ2v) is 11.5. The maximum atomic E-state index is 12.3. The summed E-state index contributed by atoms with van der Waals surface area (Å²) in [6.07, 6.45) is 0. The van der Waals surface area contributed by atoms with E-state index in [1.54, 1.807) is 24.3 Å². The third kappa shape index (κ3) is 5.70. The molecule has 41 heavy (non-hydrogen) atoms. The minimum atomic E-state index is -4.67. The molecule has 0 aliphatic heterocycles. The molecule has 200 valence electrons. The van der Waals surface area contributed by atoms with Crippen molar-refractivity contribution in [3.63, 3.8) is 0 Å². The van der Waals surface area contributed by atoms with Crippen LogP contribution in [-0.2, 0) is 20.2 Å². The Morgan fingerprint density at radius 2 is 0.634 bits per heavy atom. The summed E-state index contributed by atoms with van der Waals surface area (Å²) in [6.45, 7) is 0. The number of benzene rings is 4. The van der Waals surface area contributed by atoms with Gasteiger partial charge in [-0.3, -0.25) is 19.2 Å². The van der Waals surface area contributed by atoms with Crippen molar-refractivity contribution in [2.75, 3.05) is 0 Å². The summed E-state index contributed by atoms with van der Waals surface area (Å²) >= 11 is 0. The zero-order valence-electron chi connectivity index (χ0n) is 20.7. The maximum absolute atomic E-state index is 12.3. The molecular weight excluding hydrogens is 698 g/mol. The molecule has 2 aliphatic rings. The molecular formula is C28H14BaO10S2. The second kappa shape index (κ2) is 11.3. The second-order valence-electron chi connectivity index (χ2n) is 8.73. The predicted octanol–water partition coefficient (Wildman–Crippen LogP) is 2.35. The van der Waals surface area contributed by atoms with E-state index in [4.69, 9.17) is 0 Å². The van der Waals surface area contributed by atoms with Crippen LogP contribution < -0.4 is 0 Å². The topological polar surface area (TPSA) is 183 Å². The van der Waals surface area contributed by atoms with Crippen LogP contribution in [0.2, 0.25) is 0 Å². The summed E-state index contributed by atoms with van der Waals surface area (Å²) in [4.78, 5) is 48.0. The van der Waals surface area contributed by atoms with Crippen molar-refractivity contribution in [3.05, 3.63) is 129 Å². The molecule has 0 N–H and O–H groups in total. The van der Waals surface area contributed by atoms with Gasteiger partial charge in [0.05, 0.1) is 9.79 Å². The smallest absolute Gasteiger partial charge is 0.744 e. The van der Waals surface area contributed by atoms with E-state index in [-0.39, 0.29) is 105 Å². The molecule has 0 saturated heterocycles. The largest absolute Gasteiger partial charge is 2.00 e. The van der Waals surface area contributed by atoms with Crippen molar-refractivity contribution in [3.8, 4) is 0 Å². The molecule has 0 atom stereocenters. The molecule has 2 aliphatic carbocycles. The molecule has 0 amide bonds. The predicted molar refractivity (Wildman–Crippen MR) is 141 cm³/mol. The van der Waals surface area contributed by atoms with Crippen molar-refractivity contribution in [2.24, 2.45) is 0 Å². The standard InChI is InChI=1S/2C14H8O5S.Ba/c2*15-13-9-3-1-2-4-10(9)14(16)12-7-8(20(17,18)19)5-6-11(12)13;/h2*1-7H,(H,17,18,19);/q;;+2/p-2. The van der Waals surface area contributed by atoms with E-state index >= 15 is 0 Å². The Bertz CT molecular complexity index is 1880. The van der Waals surface area contributed by atoms with Gasteiger partial charge in [-0.2, -0.15) is 0 Å². The zero-order valence-corrected chi connectivity index (χ0v) is 26.8. The molecule has 10 nitrogen and oxygen atoms in total. The molecule has 0 aromatic heterocycles. The van der Waals surface area contributed by atoms with Crippen LogP contribution in [0.4, 0.5) is 0 Å². The van der Waals surface area contributed by atoms with E-state index in [2.05, 4.69) is 0 Å². The quantitative estimate of drug-likeness (QED) is 0.191. The van der Waals surface area contributed by atoms with Crippen LogP contribution >= 0.6 is 0 Å². The summed E-state index contributed by atoms with van der Waals surface area (Å²) in [5.41, 5.74) is 1.11. The maximum Gasteiger partial charge on any atom is 2.00 e. The van der Waals surface area contributed by atoms with Crippen molar-refractivity contribution in [2.45, 2.75) is 9.79 Å². The fraction of sp³-hybridized carbons (Fsp3) is 0. The van der Waals surface area contributed by atoms with Gasteiger partial charge in [0.2, 0.25) is 0 Å². The molecule has 0 radical (unpaired) electrons. The van der Waals surface area contributed by atoms with Gasteiger partial charge >= 0.3 is 48.9 Å². The SMILES string of the molecule is O=C1c2ccccc2C(=O)c2cc(S(=O)(=O)[O-])ccc21.O=C1c2ccccc2C(=O)c2cc(S(=O)(=O)[O-])ccc21.[Ba+2]. The first-order valence-corrected chi connectivity index (χ1v) is 14.2. The molecule has 0 bridgehead atoms. The average Bonchev–Trinajstić information content (AvgIpc) is 2.93. The number of hydrogen-bond acceptors (Lipinski definition) is 10. The summed E-state index contributed by atoms with van der Waals surface area (Å²) in [5.74, 6) is -1.63. The van der Waals surface area contributed by atoms with Gasteiger partial charge in [-0.25, -0.2) is 16.8 Å². The first-order chi connectivity index (χ1) is 18.8. The van der Waals surface area contributed by atoms with Gasteiger partial charge < -0.3 is 9.11 Å². The Labute approximate surface area is 274 Å². The minimum Gasteiger partial charge on any atom is -0.744 e. The molecule has 0 heterocycles. The Morgan fingerprint density at radius 3 is 0.902 bits per heavy atom. The molecule has 0 fully saturated rings. The van der Waals surface area contributed by atoms with E-state index in [0.717, 1.165) is 24.3 Å². The van der Waals surface area contributed by atoms with Crippen molar-refractivity contribution in [1.82, 2.24) is 0 Å². The normalized spacial score (nSPS) is 13.5. The number of carbonyl (C=O) groups is 4. The van der Waals surface area contributed by atoms with E-state index < -0.39 is 41.6 Å². The summed E-state index contributed by atoms with van der Waals surface area (Å²) in [5, 5.41) is 0. The van der Waals surface area contributed by atoms with Crippen LogP contribution in [0.3, 0.4) is 0 Å². The van der Waals surface area contributed by atoms with Crippen LogP contribution in [0.5, 0.6) is 0 Å². The molecule has 13 heteroatoms. The fourth-order valence-electron chi connectivity index (χ4n) is 4.47. The van der Waals surface area contributed by atoms with Crippen molar-refractivity contribution >= 4 is 92.3 Å². The Kier molecular flexibility index (Phi) is 8.53. The van der Waals surface area contributed by atoms with Gasteiger partial charge in [-0.1, -0.05) is 48.5 Å². The van der Waals surface area contributed by atoms with Crippen LogP contribution in [0.25, 0.3) is 0 Å². The Balaban J connectivity index is 0.000000184. The molecule has 4 aromatic rings. The summed E-state index contributed by atoms with van der Waals surface area (Å²) in [7, 11) is -9.34. The number of carbonyl (C=O) groups excluding carboxylic acids is 4. The van der Waals surface area contributed by atoms with Crippen LogP contribution in [0.15, 0.2) is 94.7 Å². The fourth-order valence-corrected chi connectivity index (χ4v) is 5.46. The third-order valence-electron chi connectivity index (χ3n) is 6.37. The minimum absolute atomic E-state index is 0. The Morgan fingerprint density at radius 1 is 0.390 bits per heavy atom. The van der Waals surface area contributed by atoms with Crippen LogP contribution in [0.1, 0.15) is 63.7 Å². The van der Waals surface area contributed by atoms with Crippen molar-refractivity contribution < 1.29 is 45.1 Å². The summed E-state index contributed by atoms with van der Waals surface area (Å²) in [6, 6.07) is 19.0.